The average molecular weight is 372 g/mol. The number of hydrogen-bond acceptors (Lipinski definition) is 3. The van der Waals surface area contributed by atoms with Crippen molar-refractivity contribution in [1.29, 1.82) is 0 Å². The zero-order valence-electron chi connectivity index (χ0n) is 14.6. The van der Waals surface area contributed by atoms with Crippen molar-refractivity contribution in [2.75, 3.05) is 6.54 Å². The maximum atomic E-state index is 12.5. The molecule has 1 heterocycles. The molecule has 7 heteroatoms. The first-order valence-corrected chi connectivity index (χ1v) is 8.39. The maximum Gasteiger partial charge on any atom is 0.387 e. The Morgan fingerprint density at radius 1 is 1.11 bits per heavy atom. The highest BCUT2D eigenvalue weighted by molar-refractivity contribution is 6.45. The van der Waals surface area contributed by atoms with E-state index in [0.717, 1.165) is 11.1 Å². The zero-order valence-corrected chi connectivity index (χ0v) is 14.6. The molecule has 1 aromatic heterocycles. The third-order valence-electron chi connectivity index (χ3n) is 4.17. The number of nitrogens with one attached hydrogen (secondary N) is 2. The van der Waals surface area contributed by atoms with Gasteiger partial charge in [-0.05, 0) is 37.1 Å². The first-order valence-electron chi connectivity index (χ1n) is 8.39. The van der Waals surface area contributed by atoms with Gasteiger partial charge in [0.15, 0.2) is 0 Å². The minimum absolute atomic E-state index is 0.0720. The maximum absolute atomic E-state index is 12.5. The second-order valence-electron chi connectivity index (χ2n) is 6.03. The number of H-pyrrole nitrogens is 1. The fraction of sp³-hybridized carbons (Fsp3) is 0.200. The summed E-state index contributed by atoms with van der Waals surface area (Å²) in [4.78, 5) is 27.8. The molecule has 2 aromatic carbocycles. The lowest BCUT2D eigenvalue weighted by Crippen LogP contribution is -2.32. The Kier molecular flexibility index (Phi) is 5.49. The van der Waals surface area contributed by atoms with Gasteiger partial charge in [-0.3, -0.25) is 9.59 Å². The molecule has 1 amide bonds. The van der Waals surface area contributed by atoms with E-state index in [2.05, 4.69) is 15.0 Å². The van der Waals surface area contributed by atoms with Crippen LogP contribution in [0.3, 0.4) is 0 Å². The minimum atomic E-state index is -2.87. The van der Waals surface area contributed by atoms with Crippen molar-refractivity contribution in [3.05, 3.63) is 65.4 Å². The van der Waals surface area contributed by atoms with Gasteiger partial charge in [-0.2, -0.15) is 8.78 Å². The van der Waals surface area contributed by atoms with E-state index in [0.29, 0.717) is 23.1 Å². The van der Waals surface area contributed by atoms with Gasteiger partial charge in [0.05, 0.1) is 5.56 Å². The number of aromatic amines is 1. The first-order chi connectivity index (χ1) is 13.0. The lowest BCUT2D eigenvalue weighted by atomic mass is 10.1. The van der Waals surface area contributed by atoms with Gasteiger partial charge in [0.1, 0.15) is 5.75 Å². The molecule has 5 nitrogen and oxygen atoms in total. The van der Waals surface area contributed by atoms with Crippen molar-refractivity contribution in [1.82, 2.24) is 10.3 Å². The van der Waals surface area contributed by atoms with Crippen LogP contribution in [0, 0.1) is 6.92 Å². The number of halogens is 2. The van der Waals surface area contributed by atoms with Gasteiger partial charge in [-0.1, -0.05) is 30.3 Å². The molecule has 0 aliphatic carbocycles. The number of carbonyl (C=O) groups excluding carboxylic acids is 2. The summed E-state index contributed by atoms with van der Waals surface area (Å²) in [6.45, 7) is -0.862. The molecule has 0 atom stereocenters. The molecule has 0 unspecified atom stereocenters. The summed E-state index contributed by atoms with van der Waals surface area (Å²) < 4.78 is 28.5. The highest BCUT2D eigenvalue weighted by Crippen LogP contribution is 2.22. The number of rotatable bonds is 7. The molecular formula is C20H18F2N2O3. The Balaban J connectivity index is 1.59. The molecule has 0 aliphatic rings. The summed E-state index contributed by atoms with van der Waals surface area (Å²) >= 11 is 0. The van der Waals surface area contributed by atoms with E-state index in [1.54, 1.807) is 25.1 Å². The molecule has 27 heavy (non-hydrogen) atoms. The van der Waals surface area contributed by atoms with Gasteiger partial charge >= 0.3 is 6.61 Å². The number of para-hydroxylation sites is 1. The van der Waals surface area contributed by atoms with Crippen molar-refractivity contribution in [2.24, 2.45) is 0 Å². The second kappa shape index (κ2) is 7.99. The highest BCUT2D eigenvalue weighted by Gasteiger charge is 2.22. The lowest BCUT2D eigenvalue weighted by Gasteiger charge is -2.07. The second-order valence-corrected chi connectivity index (χ2v) is 6.03. The van der Waals surface area contributed by atoms with Crippen molar-refractivity contribution < 1.29 is 23.1 Å². The largest absolute Gasteiger partial charge is 0.435 e. The van der Waals surface area contributed by atoms with Crippen LogP contribution >= 0.6 is 0 Å². The molecule has 3 aromatic rings. The number of ether oxygens (including phenoxy) is 1. The topological polar surface area (TPSA) is 71.2 Å². The Labute approximate surface area is 154 Å². The number of ketones is 1. The van der Waals surface area contributed by atoms with Crippen LogP contribution in [-0.2, 0) is 11.2 Å². The van der Waals surface area contributed by atoms with Crippen LogP contribution in [0.15, 0.2) is 48.5 Å². The van der Waals surface area contributed by atoms with Crippen LogP contribution in [0.25, 0.3) is 10.9 Å². The molecule has 0 saturated heterocycles. The first kappa shape index (κ1) is 18.6. The number of hydrogen-bond donors (Lipinski definition) is 2. The number of fused-ring (bicyclic) bond motifs is 1. The average Bonchev–Trinajstić information content (AvgIpc) is 2.97. The molecule has 0 radical (unpaired) electrons. The van der Waals surface area contributed by atoms with Crippen LogP contribution in [0.2, 0.25) is 0 Å². The summed E-state index contributed by atoms with van der Waals surface area (Å²) in [6.07, 6.45) is 0.459. The Bertz CT molecular complexity index is 965. The van der Waals surface area contributed by atoms with Gasteiger partial charge in [-0.15, -0.1) is 0 Å². The monoisotopic (exact) mass is 372 g/mol. The van der Waals surface area contributed by atoms with Gasteiger partial charge in [0.25, 0.3) is 11.7 Å². The quantitative estimate of drug-likeness (QED) is 0.492. The lowest BCUT2D eigenvalue weighted by molar-refractivity contribution is -0.116. The number of Topliss-reactive ketones (excluding diaryl/α,β-unsaturated/α-hetero) is 1. The molecule has 140 valence electrons. The van der Waals surface area contributed by atoms with E-state index in [-0.39, 0.29) is 12.3 Å². The minimum Gasteiger partial charge on any atom is -0.435 e. The number of alkyl halides is 2. The third-order valence-corrected chi connectivity index (χ3v) is 4.17. The van der Waals surface area contributed by atoms with Crippen LogP contribution < -0.4 is 10.1 Å². The number of benzene rings is 2. The van der Waals surface area contributed by atoms with E-state index in [9.17, 15) is 18.4 Å². The van der Waals surface area contributed by atoms with E-state index < -0.39 is 18.3 Å². The van der Waals surface area contributed by atoms with Crippen molar-refractivity contribution in [3.8, 4) is 5.75 Å². The molecular weight excluding hydrogens is 354 g/mol. The van der Waals surface area contributed by atoms with Crippen LogP contribution in [0.1, 0.15) is 21.6 Å². The summed E-state index contributed by atoms with van der Waals surface area (Å²) in [6, 6.07) is 13.4. The van der Waals surface area contributed by atoms with Gasteiger partial charge < -0.3 is 15.0 Å². The van der Waals surface area contributed by atoms with Gasteiger partial charge in [-0.25, -0.2) is 0 Å². The standard InChI is InChI=1S/C20H18F2N2O3/c1-12-17(15-4-2-3-5-16(15)24-12)18(25)19(26)23-11-10-13-6-8-14(9-7-13)27-20(21)22/h2-9,20,24H,10-11H2,1H3,(H,23,26). The van der Waals surface area contributed by atoms with Gasteiger partial charge in [0.2, 0.25) is 0 Å². The van der Waals surface area contributed by atoms with E-state index >= 15 is 0 Å². The smallest absolute Gasteiger partial charge is 0.387 e. The van der Waals surface area contributed by atoms with Crippen molar-refractivity contribution >= 4 is 22.6 Å². The van der Waals surface area contributed by atoms with E-state index in [1.165, 1.54) is 12.1 Å². The fourth-order valence-corrected chi connectivity index (χ4v) is 2.92. The third kappa shape index (κ3) is 4.31. The SMILES string of the molecule is Cc1[nH]c2ccccc2c1C(=O)C(=O)NCCc1ccc(OC(F)F)cc1. The zero-order chi connectivity index (χ0) is 19.4. The molecule has 0 saturated carbocycles. The summed E-state index contributed by atoms with van der Waals surface area (Å²) in [7, 11) is 0. The van der Waals surface area contributed by atoms with Crippen LogP contribution in [-0.4, -0.2) is 29.8 Å². The summed E-state index contributed by atoms with van der Waals surface area (Å²) in [5.41, 5.74) is 2.65. The highest BCUT2D eigenvalue weighted by atomic mass is 19.3. The fourth-order valence-electron chi connectivity index (χ4n) is 2.92. The Morgan fingerprint density at radius 2 is 1.81 bits per heavy atom. The van der Waals surface area contributed by atoms with Gasteiger partial charge in [0, 0.05) is 23.1 Å². The summed E-state index contributed by atoms with van der Waals surface area (Å²) in [5.74, 6) is -1.20. The molecule has 0 aliphatic heterocycles. The van der Waals surface area contributed by atoms with Crippen molar-refractivity contribution in [3.63, 3.8) is 0 Å². The summed E-state index contributed by atoms with van der Waals surface area (Å²) in [5, 5.41) is 3.32. The van der Waals surface area contributed by atoms with Crippen LogP contribution in [0.4, 0.5) is 8.78 Å². The van der Waals surface area contributed by atoms with E-state index in [4.69, 9.17) is 0 Å². The Hall–Kier alpha value is -3.22. The number of aromatic nitrogens is 1. The molecule has 3 rings (SSSR count). The van der Waals surface area contributed by atoms with Crippen molar-refractivity contribution in [2.45, 2.75) is 20.0 Å². The molecule has 2 N–H and O–H groups in total. The van der Waals surface area contributed by atoms with Crippen LogP contribution in [0.5, 0.6) is 5.75 Å². The predicted molar refractivity (Wildman–Crippen MR) is 97.2 cm³/mol. The Morgan fingerprint density at radius 3 is 2.52 bits per heavy atom. The van der Waals surface area contributed by atoms with E-state index in [1.807, 2.05) is 18.2 Å². The molecule has 0 fully saturated rings. The molecule has 0 bridgehead atoms. The number of carbonyl (C=O) groups is 2. The number of aryl methyl sites for hydroxylation is 1. The predicted octanol–water partition coefficient (Wildman–Crippen LogP) is 3.62. The molecule has 0 spiro atoms. The number of amides is 1. The normalized spacial score (nSPS) is 11.0.